The van der Waals surface area contributed by atoms with Gasteiger partial charge in [-0.05, 0) is 54.5 Å². The van der Waals surface area contributed by atoms with Gasteiger partial charge in [-0.1, -0.05) is 54.6 Å². The molecule has 3 heterocycles. The molecule has 5 nitrogen and oxygen atoms in total. The number of nitrogens with one attached hydrogen (secondary N) is 1. The van der Waals surface area contributed by atoms with E-state index in [1.54, 1.807) is 12.1 Å². The first-order valence-corrected chi connectivity index (χ1v) is 11.6. The predicted octanol–water partition coefficient (Wildman–Crippen LogP) is 4.89. The Balaban J connectivity index is 1.09. The number of carbonyl (C=O) groups excluding carboxylic acids is 1. The quantitative estimate of drug-likeness (QED) is 0.605. The monoisotopic (exact) mass is 430 g/mol. The molecule has 0 bridgehead atoms. The highest BCUT2D eigenvalue weighted by Gasteiger charge is 2.42. The Morgan fingerprint density at radius 3 is 2.41 bits per heavy atom. The van der Waals surface area contributed by atoms with Gasteiger partial charge in [0.05, 0.1) is 18.0 Å². The summed E-state index contributed by atoms with van der Waals surface area (Å²) in [6.07, 6.45) is 5.79. The van der Waals surface area contributed by atoms with Gasteiger partial charge in [0.1, 0.15) is 0 Å². The van der Waals surface area contributed by atoms with Crippen molar-refractivity contribution in [2.45, 2.75) is 43.9 Å². The number of hydrogen-bond acceptors (Lipinski definition) is 4. The van der Waals surface area contributed by atoms with Crippen molar-refractivity contribution in [2.75, 3.05) is 19.6 Å². The molecule has 0 radical (unpaired) electrons. The Hall–Kier alpha value is -2.89. The molecule has 1 N–H and O–H groups in total. The van der Waals surface area contributed by atoms with E-state index in [-0.39, 0.29) is 17.6 Å². The van der Waals surface area contributed by atoms with E-state index in [0.717, 1.165) is 45.3 Å². The zero-order valence-electron chi connectivity index (χ0n) is 18.3. The first kappa shape index (κ1) is 21.0. The van der Waals surface area contributed by atoms with Gasteiger partial charge in [-0.15, -0.1) is 0 Å². The molecule has 5 heteroatoms. The minimum absolute atomic E-state index is 0.0201. The second-order valence-electron chi connectivity index (χ2n) is 8.99. The lowest BCUT2D eigenvalue weighted by atomic mass is 9.88. The zero-order valence-corrected chi connectivity index (χ0v) is 18.3. The van der Waals surface area contributed by atoms with Crippen LogP contribution in [0.1, 0.15) is 41.8 Å². The van der Waals surface area contributed by atoms with Gasteiger partial charge in [-0.2, -0.15) is 0 Å². The fraction of sp³-hybridized carbons (Fsp3) is 0.370. The molecule has 1 spiro atoms. The molecule has 1 amide bonds. The second kappa shape index (κ2) is 9.31. The van der Waals surface area contributed by atoms with E-state index in [9.17, 15) is 4.79 Å². The van der Waals surface area contributed by atoms with Crippen LogP contribution in [0.2, 0.25) is 0 Å². The van der Waals surface area contributed by atoms with E-state index in [0.29, 0.717) is 12.3 Å². The Morgan fingerprint density at radius 1 is 0.938 bits per heavy atom. The predicted molar refractivity (Wildman–Crippen MR) is 124 cm³/mol. The highest BCUT2D eigenvalue weighted by atomic mass is 16.5. The van der Waals surface area contributed by atoms with Crippen LogP contribution >= 0.6 is 0 Å². The van der Waals surface area contributed by atoms with Crippen LogP contribution in [0.15, 0.2) is 77.4 Å². The average molecular weight is 431 g/mol. The number of carbonyl (C=O) groups is 1. The molecule has 166 valence electrons. The molecule has 0 saturated carbocycles. The summed E-state index contributed by atoms with van der Waals surface area (Å²) in [5, 5.41) is 2.94. The van der Waals surface area contributed by atoms with Crippen LogP contribution in [0.3, 0.4) is 0 Å². The zero-order chi connectivity index (χ0) is 21.8. The molecule has 1 atom stereocenters. The van der Waals surface area contributed by atoms with Crippen molar-refractivity contribution in [1.82, 2.24) is 10.2 Å². The Morgan fingerprint density at radius 2 is 1.69 bits per heavy atom. The van der Waals surface area contributed by atoms with Crippen LogP contribution in [0.4, 0.5) is 0 Å². The Labute approximate surface area is 189 Å². The van der Waals surface area contributed by atoms with Gasteiger partial charge in [-0.3, -0.25) is 9.69 Å². The van der Waals surface area contributed by atoms with E-state index in [4.69, 9.17) is 9.15 Å². The molecule has 3 aromatic rings. The van der Waals surface area contributed by atoms with Gasteiger partial charge >= 0.3 is 0 Å². The van der Waals surface area contributed by atoms with Crippen LogP contribution < -0.4 is 5.32 Å². The number of hydrogen-bond donors (Lipinski definition) is 1. The summed E-state index contributed by atoms with van der Waals surface area (Å²) < 4.78 is 11.6. The maximum Gasteiger partial charge on any atom is 0.287 e. The van der Waals surface area contributed by atoms with Crippen molar-refractivity contribution in [3.63, 3.8) is 0 Å². The number of ether oxygens (including phenoxy) is 1. The molecule has 2 aliphatic rings. The molecular formula is C27H30N2O3. The van der Waals surface area contributed by atoms with Crippen molar-refractivity contribution in [3.05, 3.63) is 84.3 Å². The summed E-state index contributed by atoms with van der Waals surface area (Å²) >= 11 is 0. The molecule has 0 unspecified atom stereocenters. The number of amides is 1. The lowest BCUT2D eigenvalue weighted by Gasteiger charge is -2.39. The summed E-state index contributed by atoms with van der Waals surface area (Å²) in [7, 11) is 0. The van der Waals surface area contributed by atoms with Crippen LogP contribution in [-0.4, -0.2) is 42.1 Å². The summed E-state index contributed by atoms with van der Waals surface area (Å²) in [4.78, 5) is 14.6. The highest BCUT2D eigenvalue weighted by molar-refractivity contribution is 5.91. The first-order chi connectivity index (χ1) is 15.7. The number of benzene rings is 2. The number of nitrogens with zero attached hydrogens (tertiary/aromatic N) is 1. The van der Waals surface area contributed by atoms with E-state index >= 15 is 0 Å². The lowest BCUT2D eigenvalue weighted by Crippen LogP contribution is -2.44. The van der Waals surface area contributed by atoms with Crippen LogP contribution in [-0.2, 0) is 11.3 Å². The third-order valence-electron chi connectivity index (χ3n) is 6.81. The number of furan rings is 1. The molecular weight excluding hydrogens is 400 g/mol. The van der Waals surface area contributed by atoms with Crippen molar-refractivity contribution in [3.8, 4) is 11.1 Å². The molecule has 32 heavy (non-hydrogen) atoms. The minimum Gasteiger partial charge on any atom is -0.459 e. The van der Waals surface area contributed by atoms with Crippen molar-refractivity contribution >= 4 is 5.91 Å². The molecule has 0 aliphatic carbocycles. The molecule has 2 saturated heterocycles. The maximum atomic E-state index is 12.1. The summed E-state index contributed by atoms with van der Waals surface area (Å²) in [5.41, 5.74) is 3.85. The fourth-order valence-corrected chi connectivity index (χ4v) is 4.92. The SMILES string of the molecule is O=C(NC[C@H]1CCC2(CCN(Cc3ccc(-c4ccccc4)cc3)CC2)O1)c1ccco1. The second-order valence-corrected chi connectivity index (χ2v) is 8.99. The lowest BCUT2D eigenvalue weighted by molar-refractivity contribution is -0.0764. The normalized spacial score (nSPS) is 20.4. The highest BCUT2D eigenvalue weighted by Crippen LogP contribution is 2.39. The first-order valence-electron chi connectivity index (χ1n) is 11.6. The Kier molecular flexibility index (Phi) is 6.10. The van der Waals surface area contributed by atoms with E-state index in [2.05, 4.69) is 58.7 Å². The molecule has 5 rings (SSSR count). The van der Waals surface area contributed by atoms with E-state index < -0.39 is 0 Å². The average Bonchev–Trinajstić information content (AvgIpc) is 3.51. The van der Waals surface area contributed by atoms with Crippen LogP contribution in [0.5, 0.6) is 0 Å². The molecule has 2 aliphatic heterocycles. The summed E-state index contributed by atoms with van der Waals surface area (Å²) in [6, 6.07) is 22.8. The van der Waals surface area contributed by atoms with E-state index in [1.807, 2.05) is 6.07 Å². The van der Waals surface area contributed by atoms with E-state index in [1.165, 1.54) is 23.0 Å². The molecule has 1 aromatic heterocycles. The third kappa shape index (κ3) is 4.79. The largest absolute Gasteiger partial charge is 0.459 e. The van der Waals surface area contributed by atoms with Gasteiger partial charge in [0.15, 0.2) is 5.76 Å². The molecule has 2 fully saturated rings. The summed E-state index contributed by atoms with van der Waals surface area (Å²) in [5.74, 6) is 0.176. The third-order valence-corrected chi connectivity index (χ3v) is 6.81. The molecule has 2 aromatic carbocycles. The van der Waals surface area contributed by atoms with Crippen molar-refractivity contribution in [1.29, 1.82) is 0 Å². The van der Waals surface area contributed by atoms with Gasteiger partial charge in [0.25, 0.3) is 5.91 Å². The number of likely N-dealkylation sites (tertiary alicyclic amines) is 1. The van der Waals surface area contributed by atoms with Crippen molar-refractivity contribution in [2.24, 2.45) is 0 Å². The van der Waals surface area contributed by atoms with Gasteiger partial charge in [0.2, 0.25) is 0 Å². The van der Waals surface area contributed by atoms with Crippen molar-refractivity contribution < 1.29 is 13.9 Å². The van der Waals surface area contributed by atoms with Gasteiger partial charge < -0.3 is 14.5 Å². The fourth-order valence-electron chi connectivity index (χ4n) is 4.92. The summed E-state index contributed by atoms with van der Waals surface area (Å²) in [6.45, 7) is 3.62. The number of piperidine rings is 1. The maximum absolute atomic E-state index is 12.1. The van der Waals surface area contributed by atoms with Gasteiger partial charge in [-0.25, -0.2) is 0 Å². The smallest absolute Gasteiger partial charge is 0.287 e. The topological polar surface area (TPSA) is 54.7 Å². The van der Waals surface area contributed by atoms with Gasteiger partial charge in [0, 0.05) is 26.2 Å². The Bertz CT molecular complexity index is 1010. The number of rotatable bonds is 6. The van der Waals surface area contributed by atoms with Crippen LogP contribution in [0.25, 0.3) is 11.1 Å². The minimum atomic E-state index is -0.173. The standard InChI is InChI=1S/C27H30N2O3/c30-26(25-7-4-18-31-25)28-19-24-12-13-27(32-24)14-16-29(17-15-27)20-21-8-10-23(11-9-21)22-5-2-1-3-6-22/h1-11,18,24H,12-17,19-20H2,(H,28,30)/t24-/m1/s1. The van der Waals surface area contributed by atoms with Crippen LogP contribution in [0, 0.1) is 0 Å².